The van der Waals surface area contributed by atoms with E-state index in [4.69, 9.17) is 5.11 Å². The second-order valence-corrected chi connectivity index (χ2v) is 3.58. The molecule has 1 aliphatic carbocycles. The van der Waals surface area contributed by atoms with Crippen LogP contribution in [0.1, 0.15) is 24.0 Å². The number of aliphatic carboxylic acids is 1. The minimum absolute atomic E-state index is 0.124. The van der Waals surface area contributed by atoms with Crippen molar-refractivity contribution >= 4 is 17.8 Å². The molecule has 2 rings (SSSR count). The maximum Gasteiger partial charge on any atom is 0.339 e. The third kappa shape index (κ3) is 1.46. The highest BCUT2D eigenvalue weighted by Crippen LogP contribution is 2.30. The van der Waals surface area contributed by atoms with Gasteiger partial charge in [-0.25, -0.2) is 4.79 Å². The predicted octanol–water partition coefficient (Wildman–Crippen LogP) is 1.84. The molecule has 1 aliphatic rings. The zero-order chi connectivity index (χ0) is 11.0. The number of carbonyl (C=O) groups is 2. The van der Waals surface area contributed by atoms with Gasteiger partial charge in [0.05, 0.1) is 0 Å². The Morgan fingerprint density at radius 3 is 2.67 bits per heavy atom. The molecule has 0 fully saturated rings. The summed E-state index contributed by atoms with van der Waals surface area (Å²) in [6.07, 6.45) is 1.44. The number of rotatable bonds is 1. The fourth-order valence-corrected chi connectivity index (χ4v) is 1.80. The molecular weight excluding hydrogens is 192 g/mol. The van der Waals surface area contributed by atoms with Gasteiger partial charge in [-0.05, 0) is 17.2 Å². The van der Waals surface area contributed by atoms with E-state index in [0.29, 0.717) is 0 Å². The highest BCUT2D eigenvalue weighted by Gasteiger charge is 2.29. The molecule has 1 aromatic rings. The molecule has 0 aromatic heterocycles. The molecule has 76 valence electrons. The topological polar surface area (TPSA) is 54.4 Å². The van der Waals surface area contributed by atoms with Crippen molar-refractivity contribution in [3.8, 4) is 0 Å². The van der Waals surface area contributed by atoms with E-state index in [1.807, 2.05) is 24.3 Å². The van der Waals surface area contributed by atoms with E-state index in [-0.39, 0.29) is 17.3 Å². The monoisotopic (exact) mass is 202 g/mol. The minimum atomic E-state index is -1.15. The van der Waals surface area contributed by atoms with E-state index < -0.39 is 5.97 Å². The highest BCUT2D eigenvalue weighted by molar-refractivity contribution is 6.23. The van der Waals surface area contributed by atoms with E-state index in [9.17, 15) is 9.59 Å². The third-order valence-electron chi connectivity index (χ3n) is 2.65. The number of carboxylic acid groups (broad SMARTS) is 1. The standard InChI is InChI=1S/C12H10O3/c1-7-9-5-3-2-4-8(9)6-10(11(7)13)12(14)15/h2-7H,1H3,(H,14,15). The normalized spacial score (nSPS) is 19.4. The van der Waals surface area contributed by atoms with Gasteiger partial charge >= 0.3 is 5.97 Å². The number of hydrogen-bond donors (Lipinski definition) is 1. The van der Waals surface area contributed by atoms with E-state index in [1.165, 1.54) is 6.08 Å². The summed E-state index contributed by atoms with van der Waals surface area (Å²) in [4.78, 5) is 22.5. The lowest BCUT2D eigenvalue weighted by Gasteiger charge is -2.19. The van der Waals surface area contributed by atoms with Crippen molar-refractivity contribution in [2.45, 2.75) is 12.8 Å². The van der Waals surface area contributed by atoms with Gasteiger partial charge in [-0.2, -0.15) is 0 Å². The van der Waals surface area contributed by atoms with E-state index in [2.05, 4.69) is 0 Å². The lowest BCUT2D eigenvalue weighted by Crippen LogP contribution is -2.21. The Balaban J connectivity index is 2.62. The van der Waals surface area contributed by atoms with Crippen LogP contribution in [0.15, 0.2) is 29.8 Å². The Bertz CT molecular complexity index is 472. The first-order chi connectivity index (χ1) is 7.11. The second kappa shape index (κ2) is 3.35. The maximum absolute atomic E-state index is 11.7. The van der Waals surface area contributed by atoms with Gasteiger partial charge in [0.25, 0.3) is 0 Å². The number of fused-ring (bicyclic) bond motifs is 1. The second-order valence-electron chi connectivity index (χ2n) is 3.58. The Labute approximate surface area is 87.0 Å². The third-order valence-corrected chi connectivity index (χ3v) is 2.65. The van der Waals surface area contributed by atoms with Crippen LogP contribution in [0.5, 0.6) is 0 Å². The Morgan fingerprint density at radius 1 is 1.33 bits per heavy atom. The first-order valence-corrected chi connectivity index (χ1v) is 4.69. The Morgan fingerprint density at radius 2 is 2.00 bits per heavy atom. The number of carbonyl (C=O) groups excluding carboxylic acids is 1. The fourth-order valence-electron chi connectivity index (χ4n) is 1.80. The van der Waals surface area contributed by atoms with Gasteiger partial charge in [-0.3, -0.25) is 4.79 Å². The van der Waals surface area contributed by atoms with Gasteiger partial charge < -0.3 is 5.11 Å². The molecule has 0 radical (unpaired) electrons. The summed E-state index contributed by atoms with van der Waals surface area (Å²) in [6.45, 7) is 1.73. The molecule has 0 heterocycles. The van der Waals surface area contributed by atoms with Crippen molar-refractivity contribution in [2.24, 2.45) is 0 Å². The number of carboxylic acids is 1. The molecule has 0 amide bonds. The van der Waals surface area contributed by atoms with Crippen LogP contribution in [0, 0.1) is 0 Å². The molecule has 15 heavy (non-hydrogen) atoms. The molecule has 3 heteroatoms. The SMILES string of the molecule is CC1C(=O)C(C(=O)O)=Cc2ccccc21. The molecule has 3 nitrogen and oxygen atoms in total. The minimum Gasteiger partial charge on any atom is -0.478 e. The Hall–Kier alpha value is -1.90. The lowest BCUT2D eigenvalue weighted by molar-refractivity contribution is -0.134. The largest absolute Gasteiger partial charge is 0.478 e. The van der Waals surface area contributed by atoms with Gasteiger partial charge in [0, 0.05) is 5.92 Å². The van der Waals surface area contributed by atoms with Crippen molar-refractivity contribution in [1.29, 1.82) is 0 Å². The van der Waals surface area contributed by atoms with Crippen molar-refractivity contribution in [3.05, 3.63) is 41.0 Å². The molecule has 0 bridgehead atoms. The zero-order valence-corrected chi connectivity index (χ0v) is 8.23. The zero-order valence-electron chi connectivity index (χ0n) is 8.23. The fraction of sp³-hybridized carbons (Fsp3) is 0.167. The summed E-state index contributed by atoms with van der Waals surface area (Å²) in [5, 5.41) is 8.86. The van der Waals surface area contributed by atoms with Gasteiger partial charge in [0.2, 0.25) is 0 Å². The molecule has 1 atom stereocenters. The van der Waals surface area contributed by atoms with Crippen molar-refractivity contribution in [1.82, 2.24) is 0 Å². The van der Waals surface area contributed by atoms with Crippen molar-refractivity contribution in [3.63, 3.8) is 0 Å². The van der Waals surface area contributed by atoms with E-state index >= 15 is 0 Å². The van der Waals surface area contributed by atoms with E-state index in [1.54, 1.807) is 6.92 Å². The summed E-state index contributed by atoms with van der Waals surface area (Å²) in [5.41, 5.74) is 1.59. The number of ketones is 1. The molecule has 0 spiro atoms. The van der Waals surface area contributed by atoms with E-state index in [0.717, 1.165) is 11.1 Å². The molecule has 0 saturated heterocycles. The average molecular weight is 202 g/mol. The highest BCUT2D eigenvalue weighted by atomic mass is 16.4. The van der Waals surface area contributed by atoms with Crippen LogP contribution in [-0.2, 0) is 9.59 Å². The molecule has 0 aliphatic heterocycles. The van der Waals surface area contributed by atoms with Crippen molar-refractivity contribution < 1.29 is 14.7 Å². The summed E-state index contributed by atoms with van der Waals surface area (Å²) in [5.74, 6) is -1.83. The van der Waals surface area contributed by atoms with Gasteiger partial charge in [0.1, 0.15) is 5.57 Å². The molecular formula is C12H10O3. The first kappa shape index (κ1) is 9.65. The van der Waals surface area contributed by atoms with Gasteiger partial charge in [-0.15, -0.1) is 0 Å². The molecule has 1 aromatic carbocycles. The number of benzene rings is 1. The number of hydrogen-bond acceptors (Lipinski definition) is 2. The van der Waals surface area contributed by atoms with Gasteiger partial charge in [0.15, 0.2) is 5.78 Å². The predicted molar refractivity (Wildman–Crippen MR) is 55.5 cm³/mol. The van der Waals surface area contributed by atoms with Crippen LogP contribution >= 0.6 is 0 Å². The smallest absolute Gasteiger partial charge is 0.339 e. The summed E-state index contributed by atoms with van der Waals surface area (Å²) in [7, 11) is 0. The summed E-state index contributed by atoms with van der Waals surface area (Å²) >= 11 is 0. The Kier molecular flexibility index (Phi) is 2.15. The molecule has 0 saturated carbocycles. The van der Waals surface area contributed by atoms with Crippen LogP contribution in [0.4, 0.5) is 0 Å². The van der Waals surface area contributed by atoms with Gasteiger partial charge in [-0.1, -0.05) is 31.2 Å². The molecule has 1 N–H and O–H groups in total. The summed E-state index contributed by atoms with van der Waals surface area (Å²) < 4.78 is 0. The van der Waals surface area contributed by atoms with Crippen LogP contribution in [0.25, 0.3) is 6.08 Å². The number of Topliss-reactive ketones (excluding diaryl/α,β-unsaturated/α-hetero) is 1. The van der Waals surface area contributed by atoms with Crippen LogP contribution in [-0.4, -0.2) is 16.9 Å². The van der Waals surface area contributed by atoms with Crippen LogP contribution in [0.2, 0.25) is 0 Å². The average Bonchev–Trinajstić information content (AvgIpc) is 2.23. The quantitative estimate of drug-likeness (QED) is 0.707. The first-order valence-electron chi connectivity index (χ1n) is 4.69. The van der Waals surface area contributed by atoms with Crippen molar-refractivity contribution in [2.75, 3.05) is 0 Å². The molecule has 1 unspecified atom stereocenters. The summed E-state index contributed by atoms with van der Waals surface area (Å²) in [6, 6.07) is 7.35. The maximum atomic E-state index is 11.7. The van der Waals surface area contributed by atoms with Crippen LogP contribution < -0.4 is 0 Å². The lowest BCUT2D eigenvalue weighted by atomic mass is 9.83. The van der Waals surface area contributed by atoms with Crippen LogP contribution in [0.3, 0.4) is 0 Å².